The lowest BCUT2D eigenvalue weighted by Gasteiger charge is -2.11. The van der Waals surface area contributed by atoms with Crippen molar-refractivity contribution in [3.8, 4) is 10.6 Å². The summed E-state index contributed by atoms with van der Waals surface area (Å²) in [6.45, 7) is 6.12. The van der Waals surface area contributed by atoms with Crippen LogP contribution >= 0.6 is 11.3 Å². The molecule has 1 aliphatic carbocycles. The van der Waals surface area contributed by atoms with Crippen LogP contribution in [0, 0.1) is 6.92 Å². The highest BCUT2D eigenvalue weighted by atomic mass is 32.1. The Balaban J connectivity index is 1.51. The molecule has 5 rings (SSSR count). The van der Waals surface area contributed by atoms with E-state index in [1.807, 2.05) is 43.7 Å². The lowest BCUT2D eigenvalue weighted by Crippen LogP contribution is -2.25. The molecular formula is C25H25N5O2S. The quantitative estimate of drug-likeness (QED) is 0.415. The molecule has 0 atom stereocenters. The van der Waals surface area contributed by atoms with Gasteiger partial charge in [-0.2, -0.15) is 5.10 Å². The first-order chi connectivity index (χ1) is 15.9. The zero-order valence-electron chi connectivity index (χ0n) is 18.8. The SMILES string of the molecule is Cc1ccc(-c2cc(C(=O)Nc3cccc(C(=O)NC4CC4)c3)c3cnn(C(C)C)c3n2)s1. The van der Waals surface area contributed by atoms with Gasteiger partial charge in [0.25, 0.3) is 11.8 Å². The Morgan fingerprint density at radius 1 is 1.12 bits per heavy atom. The first-order valence-corrected chi connectivity index (χ1v) is 11.9. The van der Waals surface area contributed by atoms with Crippen molar-refractivity contribution >= 4 is 39.9 Å². The van der Waals surface area contributed by atoms with Gasteiger partial charge in [0, 0.05) is 28.2 Å². The van der Waals surface area contributed by atoms with Gasteiger partial charge >= 0.3 is 0 Å². The molecule has 7 nitrogen and oxygen atoms in total. The Hall–Kier alpha value is -3.52. The lowest BCUT2D eigenvalue weighted by molar-refractivity contribution is 0.0949. The fraction of sp³-hybridized carbons (Fsp3) is 0.280. The van der Waals surface area contributed by atoms with Gasteiger partial charge in [-0.1, -0.05) is 6.07 Å². The summed E-state index contributed by atoms with van der Waals surface area (Å²) in [4.78, 5) is 32.8. The first kappa shape index (κ1) is 21.3. The lowest BCUT2D eigenvalue weighted by atomic mass is 10.1. The molecule has 33 heavy (non-hydrogen) atoms. The Kier molecular flexibility index (Phi) is 5.46. The van der Waals surface area contributed by atoms with Gasteiger partial charge in [0.2, 0.25) is 0 Å². The number of rotatable bonds is 6. The fourth-order valence-corrected chi connectivity index (χ4v) is 4.54. The summed E-state index contributed by atoms with van der Waals surface area (Å²) in [6.07, 6.45) is 3.74. The van der Waals surface area contributed by atoms with Crippen molar-refractivity contribution in [2.45, 2.75) is 45.7 Å². The molecule has 4 aromatic rings. The minimum absolute atomic E-state index is 0.105. The van der Waals surface area contributed by atoms with Crippen LogP contribution in [0.2, 0.25) is 0 Å². The average Bonchev–Trinajstić information content (AvgIpc) is 3.32. The molecule has 3 aromatic heterocycles. The number of pyridine rings is 1. The highest BCUT2D eigenvalue weighted by Gasteiger charge is 2.24. The Morgan fingerprint density at radius 3 is 2.64 bits per heavy atom. The summed E-state index contributed by atoms with van der Waals surface area (Å²) >= 11 is 1.64. The number of hydrogen-bond donors (Lipinski definition) is 2. The number of carbonyl (C=O) groups is 2. The Bertz CT molecular complexity index is 1370. The number of hydrogen-bond acceptors (Lipinski definition) is 5. The van der Waals surface area contributed by atoms with E-state index in [-0.39, 0.29) is 23.9 Å². The number of thiophene rings is 1. The molecule has 0 aliphatic heterocycles. The number of carbonyl (C=O) groups excluding carboxylic acids is 2. The summed E-state index contributed by atoms with van der Waals surface area (Å²) in [5.41, 5.74) is 3.02. The van der Waals surface area contributed by atoms with Crippen molar-refractivity contribution in [2.24, 2.45) is 0 Å². The number of anilines is 1. The van der Waals surface area contributed by atoms with Crippen molar-refractivity contribution < 1.29 is 9.59 Å². The molecule has 0 unspecified atom stereocenters. The maximum absolute atomic E-state index is 13.4. The van der Waals surface area contributed by atoms with Crippen LogP contribution in [0.1, 0.15) is 58.3 Å². The van der Waals surface area contributed by atoms with Gasteiger partial charge in [0.1, 0.15) is 0 Å². The predicted molar refractivity (Wildman–Crippen MR) is 131 cm³/mol. The smallest absolute Gasteiger partial charge is 0.256 e. The van der Waals surface area contributed by atoms with E-state index in [1.54, 1.807) is 41.8 Å². The summed E-state index contributed by atoms with van der Waals surface area (Å²) in [5.74, 6) is -0.381. The van der Waals surface area contributed by atoms with Crippen LogP contribution in [0.4, 0.5) is 5.69 Å². The van der Waals surface area contributed by atoms with Gasteiger partial charge < -0.3 is 10.6 Å². The van der Waals surface area contributed by atoms with Gasteiger partial charge in [-0.25, -0.2) is 9.67 Å². The van der Waals surface area contributed by atoms with Gasteiger partial charge in [-0.05, 0) is 70.0 Å². The number of benzene rings is 1. The summed E-state index contributed by atoms with van der Waals surface area (Å²) < 4.78 is 1.83. The van der Waals surface area contributed by atoms with Crippen LogP contribution in [0.5, 0.6) is 0 Å². The predicted octanol–water partition coefficient (Wildman–Crippen LogP) is 5.19. The third kappa shape index (κ3) is 4.39. The van der Waals surface area contributed by atoms with Crippen LogP contribution in [-0.4, -0.2) is 32.6 Å². The number of amides is 2. The van der Waals surface area contributed by atoms with Gasteiger partial charge in [0.05, 0.1) is 27.7 Å². The van der Waals surface area contributed by atoms with Crippen molar-refractivity contribution in [1.82, 2.24) is 20.1 Å². The largest absolute Gasteiger partial charge is 0.349 e. The average molecular weight is 460 g/mol. The van der Waals surface area contributed by atoms with Crippen LogP contribution in [0.25, 0.3) is 21.6 Å². The third-order valence-electron chi connectivity index (χ3n) is 5.59. The molecule has 0 bridgehead atoms. The molecule has 8 heteroatoms. The normalized spacial score (nSPS) is 13.5. The van der Waals surface area contributed by atoms with Gasteiger partial charge in [-0.15, -0.1) is 11.3 Å². The number of nitrogens with one attached hydrogen (secondary N) is 2. The van der Waals surface area contributed by atoms with E-state index in [0.717, 1.165) is 23.4 Å². The Labute approximate surface area is 195 Å². The van der Waals surface area contributed by atoms with E-state index in [1.165, 1.54) is 4.88 Å². The zero-order valence-corrected chi connectivity index (χ0v) is 19.6. The molecule has 1 saturated carbocycles. The summed E-state index contributed by atoms with van der Waals surface area (Å²) in [5, 5.41) is 11.1. The minimum atomic E-state index is -0.264. The molecule has 168 valence electrons. The van der Waals surface area contributed by atoms with E-state index in [2.05, 4.69) is 15.7 Å². The van der Waals surface area contributed by atoms with Gasteiger partial charge in [0.15, 0.2) is 5.65 Å². The monoisotopic (exact) mass is 459 g/mol. The standard InChI is InChI=1S/C25H25N5O2S/c1-14(2)30-23-20(13-26-30)19(12-21(29-23)22-10-7-15(3)33-22)25(32)28-18-6-4-5-16(11-18)24(31)27-17-8-9-17/h4-7,10-14,17H,8-9H2,1-3H3,(H,27,31)(H,28,32). The van der Waals surface area contributed by atoms with Crippen molar-refractivity contribution in [2.75, 3.05) is 5.32 Å². The maximum atomic E-state index is 13.4. The molecule has 2 amide bonds. The molecule has 1 aromatic carbocycles. The van der Waals surface area contributed by atoms with Crippen LogP contribution in [0.3, 0.4) is 0 Å². The summed E-state index contributed by atoms with van der Waals surface area (Å²) in [6, 6.07) is 13.3. The molecule has 3 heterocycles. The third-order valence-corrected chi connectivity index (χ3v) is 6.61. The maximum Gasteiger partial charge on any atom is 0.256 e. The van der Waals surface area contributed by atoms with Crippen LogP contribution in [0.15, 0.2) is 48.7 Å². The number of nitrogens with zero attached hydrogens (tertiary/aromatic N) is 3. The van der Waals surface area contributed by atoms with Crippen molar-refractivity contribution in [1.29, 1.82) is 0 Å². The van der Waals surface area contributed by atoms with E-state index < -0.39 is 0 Å². The molecular weight excluding hydrogens is 434 g/mol. The number of aryl methyl sites for hydroxylation is 1. The molecule has 0 saturated heterocycles. The summed E-state index contributed by atoms with van der Waals surface area (Å²) in [7, 11) is 0. The molecule has 1 aliphatic rings. The topological polar surface area (TPSA) is 88.9 Å². The second kappa shape index (κ2) is 8.44. The highest BCUT2D eigenvalue weighted by Crippen LogP contribution is 2.31. The van der Waals surface area contributed by atoms with E-state index in [4.69, 9.17) is 4.98 Å². The van der Waals surface area contributed by atoms with Crippen LogP contribution in [-0.2, 0) is 0 Å². The zero-order chi connectivity index (χ0) is 23.1. The van der Waals surface area contributed by atoms with E-state index in [9.17, 15) is 9.59 Å². The second-order valence-corrected chi connectivity index (χ2v) is 9.96. The van der Waals surface area contributed by atoms with E-state index in [0.29, 0.717) is 27.8 Å². The molecule has 1 fully saturated rings. The van der Waals surface area contributed by atoms with Crippen molar-refractivity contribution in [3.05, 3.63) is 64.7 Å². The minimum Gasteiger partial charge on any atom is -0.349 e. The Morgan fingerprint density at radius 2 is 1.94 bits per heavy atom. The van der Waals surface area contributed by atoms with Crippen LogP contribution < -0.4 is 10.6 Å². The van der Waals surface area contributed by atoms with Crippen molar-refractivity contribution in [3.63, 3.8) is 0 Å². The number of aromatic nitrogens is 3. The van der Waals surface area contributed by atoms with Gasteiger partial charge in [-0.3, -0.25) is 9.59 Å². The fourth-order valence-electron chi connectivity index (χ4n) is 3.72. The molecule has 0 spiro atoms. The molecule has 0 radical (unpaired) electrons. The first-order valence-electron chi connectivity index (χ1n) is 11.1. The second-order valence-electron chi connectivity index (χ2n) is 8.67. The molecule has 2 N–H and O–H groups in total. The highest BCUT2D eigenvalue weighted by molar-refractivity contribution is 7.15. The number of fused-ring (bicyclic) bond motifs is 1. The van der Waals surface area contributed by atoms with E-state index >= 15 is 0 Å².